The number of allylic oxidation sites excluding steroid dienone is 2. The molecule has 0 radical (unpaired) electrons. The quantitative estimate of drug-likeness (QED) is 0.0261. The first-order chi connectivity index (χ1) is 45.8. The Hall–Kier alpha value is -1.07. The molecular formula is C84H165NO8. The minimum atomic E-state index is -1.55. The Bertz CT molecular complexity index is 1480. The van der Waals surface area contributed by atoms with Crippen LogP contribution in [0.3, 0.4) is 0 Å². The van der Waals surface area contributed by atoms with Gasteiger partial charge < -0.3 is 40.3 Å². The van der Waals surface area contributed by atoms with Crippen molar-refractivity contribution < 1.29 is 39.8 Å². The summed E-state index contributed by atoms with van der Waals surface area (Å²) in [5.41, 5.74) is 0. The predicted octanol–water partition coefficient (Wildman–Crippen LogP) is 24.6. The molecule has 7 unspecified atom stereocenters. The summed E-state index contributed by atoms with van der Waals surface area (Å²) in [6, 6.07) is -0.718. The van der Waals surface area contributed by atoms with Crippen LogP contribution in [0.5, 0.6) is 0 Å². The van der Waals surface area contributed by atoms with E-state index in [4.69, 9.17) is 9.47 Å². The molecule has 554 valence electrons. The fourth-order valence-corrected chi connectivity index (χ4v) is 14.3. The van der Waals surface area contributed by atoms with Crippen molar-refractivity contribution in [2.45, 2.75) is 506 Å². The Morgan fingerprint density at radius 1 is 0.355 bits per heavy atom. The Morgan fingerprint density at radius 3 is 0.871 bits per heavy atom. The number of ether oxygens (including phenoxy) is 2. The molecule has 1 heterocycles. The van der Waals surface area contributed by atoms with Crippen LogP contribution < -0.4 is 5.32 Å². The molecule has 0 saturated carbocycles. The van der Waals surface area contributed by atoms with Gasteiger partial charge in [0.15, 0.2) is 6.29 Å². The molecule has 0 bridgehead atoms. The monoisotopic (exact) mass is 1320 g/mol. The SMILES string of the molecule is CCCCCCCCCC/C=C\CCCCCCCCCCCCCCCCCCCCCCCCCCCC(=O)NC(COC1OC(CO)C(O)C(O)C1O)C(O)CCCCCCCCCCCCCCCCCCCCCCCCCCCCCCCCCCC. The predicted molar refractivity (Wildman–Crippen MR) is 401 cm³/mol. The standard InChI is InChI=1S/C84H165NO8/c1-3-5-7-9-11-13-15-17-19-21-23-25-27-29-31-33-35-37-38-39-40-42-44-46-48-50-52-54-56-58-60-62-64-66-68-70-72-74-80(88)85-77(76-92-84-83(91)82(90)81(89)79(75-86)93-84)78(87)73-71-69-67-65-63-61-59-57-55-53-51-49-47-45-43-41-36-34-32-30-28-26-24-22-20-18-16-14-12-10-8-6-4-2/h21,23,77-79,81-84,86-87,89-91H,3-20,22,24-76H2,1-2H3,(H,85,88)/b23-21-. The normalized spacial score (nSPS) is 17.5. The Balaban J connectivity index is 2.02. The maximum Gasteiger partial charge on any atom is 0.220 e. The zero-order valence-corrected chi connectivity index (χ0v) is 62.6. The first kappa shape index (κ1) is 89.9. The number of amides is 1. The number of unbranched alkanes of at least 4 members (excludes halogenated alkanes) is 65. The van der Waals surface area contributed by atoms with Crippen LogP contribution in [0.1, 0.15) is 463 Å². The second-order valence-electron chi connectivity index (χ2n) is 30.0. The van der Waals surface area contributed by atoms with Gasteiger partial charge in [-0.2, -0.15) is 0 Å². The van der Waals surface area contributed by atoms with Crippen molar-refractivity contribution in [2.24, 2.45) is 0 Å². The first-order valence-corrected chi connectivity index (χ1v) is 42.4. The fraction of sp³-hybridized carbons (Fsp3) is 0.964. The first-order valence-electron chi connectivity index (χ1n) is 42.4. The number of rotatable bonds is 77. The highest BCUT2D eigenvalue weighted by atomic mass is 16.7. The minimum absolute atomic E-state index is 0.131. The fourth-order valence-electron chi connectivity index (χ4n) is 14.3. The largest absolute Gasteiger partial charge is 0.394 e. The molecule has 1 aliphatic heterocycles. The average molecular weight is 1320 g/mol. The van der Waals surface area contributed by atoms with E-state index >= 15 is 0 Å². The molecule has 1 amide bonds. The molecule has 0 aliphatic carbocycles. The maximum atomic E-state index is 13.2. The van der Waals surface area contributed by atoms with E-state index in [1.165, 1.54) is 398 Å². The summed E-state index contributed by atoms with van der Waals surface area (Å²) in [6.07, 6.45) is 90.7. The molecule has 7 atom stereocenters. The number of aliphatic hydroxyl groups is 5. The van der Waals surface area contributed by atoms with E-state index in [9.17, 15) is 30.3 Å². The van der Waals surface area contributed by atoms with Crippen LogP contribution >= 0.6 is 0 Å². The van der Waals surface area contributed by atoms with E-state index in [0.717, 1.165) is 38.5 Å². The molecule has 0 aromatic rings. The van der Waals surface area contributed by atoms with Crippen molar-refractivity contribution in [2.75, 3.05) is 13.2 Å². The van der Waals surface area contributed by atoms with Crippen molar-refractivity contribution >= 4 is 5.91 Å². The van der Waals surface area contributed by atoms with Crippen LogP contribution in [0, 0.1) is 0 Å². The summed E-state index contributed by atoms with van der Waals surface area (Å²) in [4.78, 5) is 13.2. The van der Waals surface area contributed by atoms with Crippen molar-refractivity contribution in [3.05, 3.63) is 12.2 Å². The van der Waals surface area contributed by atoms with Gasteiger partial charge in [0.25, 0.3) is 0 Å². The van der Waals surface area contributed by atoms with Crippen LogP contribution in [0.15, 0.2) is 12.2 Å². The van der Waals surface area contributed by atoms with Gasteiger partial charge in [0.05, 0.1) is 25.4 Å². The summed E-state index contributed by atoms with van der Waals surface area (Å²) in [7, 11) is 0. The molecule has 9 heteroatoms. The minimum Gasteiger partial charge on any atom is -0.394 e. The van der Waals surface area contributed by atoms with Crippen LogP contribution in [0.25, 0.3) is 0 Å². The summed E-state index contributed by atoms with van der Waals surface area (Å²) in [5, 5.41) is 55.2. The number of nitrogens with one attached hydrogen (secondary N) is 1. The van der Waals surface area contributed by atoms with E-state index in [1.54, 1.807) is 0 Å². The lowest BCUT2D eigenvalue weighted by molar-refractivity contribution is -0.302. The zero-order valence-electron chi connectivity index (χ0n) is 62.6. The van der Waals surface area contributed by atoms with Crippen LogP contribution in [-0.2, 0) is 14.3 Å². The molecule has 0 aromatic carbocycles. The molecule has 1 saturated heterocycles. The third kappa shape index (κ3) is 61.7. The lowest BCUT2D eigenvalue weighted by atomic mass is 9.99. The highest BCUT2D eigenvalue weighted by Crippen LogP contribution is 2.25. The smallest absolute Gasteiger partial charge is 0.220 e. The van der Waals surface area contributed by atoms with E-state index < -0.39 is 49.5 Å². The number of carbonyl (C=O) groups excluding carboxylic acids is 1. The van der Waals surface area contributed by atoms with E-state index in [-0.39, 0.29) is 12.5 Å². The second kappa shape index (κ2) is 73.6. The van der Waals surface area contributed by atoms with E-state index in [2.05, 4.69) is 31.3 Å². The molecule has 1 aliphatic rings. The molecule has 1 fully saturated rings. The van der Waals surface area contributed by atoms with Crippen LogP contribution in [0.2, 0.25) is 0 Å². The molecule has 9 nitrogen and oxygen atoms in total. The van der Waals surface area contributed by atoms with Crippen molar-refractivity contribution in [3.63, 3.8) is 0 Å². The van der Waals surface area contributed by atoms with Gasteiger partial charge in [-0.1, -0.05) is 431 Å². The summed E-state index contributed by atoms with van der Waals surface area (Å²) >= 11 is 0. The number of aliphatic hydroxyl groups excluding tert-OH is 5. The average Bonchev–Trinajstić information content (AvgIpc) is 1.01. The van der Waals surface area contributed by atoms with Crippen molar-refractivity contribution in [3.8, 4) is 0 Å². The Morgan fingerprint density at radius 2 is 0.602 bits per heavy atom. The van der Waals surface area contributed by atoms with Gasteiger partial charge in [0.2, 0.25) is 5.91 Å². The lowest BCUT2D eigenvalue weighted by Gasteiger charge is -2.40. The van der Waals surface area contributed by atoms with Gasteiger partial charge in [-0.05, 0) is 38.5 Å². The topological polar surface area (TPSA) is 149 Å². The third-order valence-corrected chi connectivity index (χ3v) is 20.9. The van der Waals surface area contributed by atoms with Gasteiger partial charge in [0, 0.05) is 6.42 Å². The summed E-state index contributed by atoms with van der Waals surface area (Å²) in [6.45, 7) is 3.92. The third-order valence-electron chi connectivity index (χ3n) is 20.9. The second-order valence-corrected chi connectivity index (χ2v) is 30.0. The summed E-state index contributed by atoms with van der Waals surface area (Å²) < 4.78 is 11.4. The van der Waals surface area contributed by atoms with Gasteiger partial charge in [-0.3, -0.25) is 4.79 Å². The molecule has 0 aromatic heterocycles. The van der Waals surface area contributed by atoms with Crippen molar-refractivity contribution in [1.29, 1.82) is 0 Å². The van der Waals surface area contributed by atoms with Gasteiger partial charge >= 0.3 is 0 Å². The van der Waals surface area contributed by atoms with Gasteiger partial charge in [-0.15, -0.1) is 0 Å². The molecular weight excluding hydrogens is 1150 g/mol. The van der Waals surface area contributed by atoms with Crippen LogP contribution in [0.4, 0.5) is 0 Å². The van der Waals surface area contributed by atoms with E-state index in [1.807, 2.05) is 0 Å². The number of carbonyl (C=O) groups is 1. The zero-order chi connectivity index (χ0) is 67.1. The lowest BCUT2D eigenvalue weighted by Crippen LogP contribution is -2.60. The summed E-state index contributed by atoms with van der Waals surface area (Å²) in [5.74, 6) is -0.132. The van der Waals surface area contributed by atoms with Crippen LogP contribution in [-0.4, -0.2) is 87.5 Å². The van der Waals surface area contributed by atoms with E-state index in [0.29, 0.717) is 12.8 Å². The number of hydrogen-bond acceptors (Lipinski definition) is 8. The highest BCUT2D eigenvalue weighted by Gasteiger charge is 2.44. The van der Waals surface area contributed by atoms with Gasteiger partial charge in [-0.25, -0.2) is 0 Å². The molecule has 1 rings (SSSR count). The molecule has 6 N–H and O–H groups in total. The molecule has 93 heavy (non-hydrogen) atoms. The number of hydrogen-bond donors (Lipinski definition) is 6. The van der Waals surface area contributed by atoms with Gasteiger partial charge in [0.1, 0.15) is 24.4 Å². The Labute approximate surface area is 579 Å². The van der Waals surface area contributed by atoms with Crippen molar-refractivity contribution in [1.82, 2.24) is 5.32 Å². The highest BCUT2D eigenvalue weighted by molar-refractivity contribution is 5.76. The molecule has 0 spiro atoms. The maximum absolute atomic E-state index is 13.2. The Kier molecular flexibility index (Phi) is 71.2.